The fraction of sp³-hybridized carbons (Fsp3) is 0.129. The molecule has 9 nitrogen and oxygen atoms in total. The lowest BCUT2D eigenvalue weighted by Gasteiger charge is -2.12. The molecule has 0 unspecified atom stereocenters. The molecule has 1 aromatic heterocycles. The second-order valence-electron chi connectivity index (χ2n) is 8.84. The average molecular weight is 619 g/mol. The number of esters is 1. The molecule has 0 atom stereocenters. The molecule has 1 heterocycles. The largest absolute Gasteiger partial charge is 0.466 e. The van der Waals surface area contributed by atoms with E-state index < -0.39 is 17.6 Å². The predicted molar refractivity (Wildman–Crippen MR) is 165 cm³/mol. The van der Waals surface area contributed by atoms with Crippen LogP contribution in [0.15, 0.2) is 94.8 Å². The van der Waals surface area contributed by atoms with Gasteiger partial charge in [-0.3, -0.25) is 19.2 Å². The highest BCUT2D eigenvalue weighted by Gasteiger charge is 2.17. The highest BCUT2D eigenvalue weighted by Crippen LogP contribution is 2.23. The fourth-order valence-electron chi connectivity index (χ4n) is 3.66. The van der Waals surface area contributed by atoms with E-state index in [0.717, 1.165) is 0 Å². The van der Waals surface area contributed by atoms with Crippen molar-refractivity contribution in [2.24, 2.45) is 0 Å². The number of benzene rings is 3. The van der Waals surface area contributed by atoms with Crippen molar-refractivity contribution >= 4 is 63.7 Å². The van der Waals surface area contributed by atoms with Crippen LogP contribution in [0.3, 0.4) is 0 Å². The molecule has 0 bridgehead atoms. The topological polar surface area (TPSA) is 126 Å². The molecule has 3 N–H and O–H groups in total. The second-order valence-corrected chi connectivity index (χ2v) is 10.8. The van der Waals surface area contributed by atoms with Gasteiger partial charge >= 0.3 is 5.97 Å². The van der Waals surface area contributed by atoms with Crippen molar-refractivity contribution in [3.8, 4) is 0 Å². The lowest BCUT2D eigenvalue weighted by molar-refractivity contribution is -0.142. The summed E-state index contributed by atoms with van der Waals surface area (Å²) >= 11 is 2.45. The van der Waals surface area contributed by atoms with Crippen molar-refractivity contribution in [2.75, 3.05) is 23.0 Å². The summed E-state index contributed by atoms with van der Waals surface area (Å²) in [5.74, 6) is -2.35. The maximum absolute atomic E-state index is 14.4. The number of amides is 3. The third-order valence-electron chi connectivity index (χ3n) is 5.62. The maximum atomic E-state index is 14.4. The Morgan fingerprint density at radius 3 is 2.51 bits per heavy atom. The summed E-state index contributed by atoms with van der Waals surface area (Å²) in [4.78, 5) is 55.1. The van der Waals surface area contributed by atoms with Gasteiger partial charge in [-0.15, -0.1) is 23.1 Å². The summed E-state index contributed by atoms with van der Waals surface area (Å²) < 4.78 is 19.3. The van der Waals surface area contributed by atoms with E-state index in [1.165, 1.54) is 47.4 Å². The highest BCUT2D eigenvalue weighted by atomic mass is 32.2. The van der Waals surface area contributed by atoms with E-state index in [-0.39, 0.29) is 41.9 Å². The van der Waals surface area contributed by atoms with E-state index in [0.29, 0.717) is 27.0 Å². The van der Waals surface area contributed by atoms with Gasteiger partial charge in [-0.25, -0.2) is 9.37 Å². The zero-order valence-electron chi connectivity index (χ0n) is 23.0. The van der Waals surface area contributed by atoms with Gasteiger partial charge < -0.3 is 20.7 Å². The van der Waals surface area contributed by atoms with Gasteiger partial charge in [0.15, 0.2) is 5.13 Å². The molecule has 0 aliphatic rings. The van der Waals surface area contributed by atoms with Crippen molar-refractivity contribution in [2.45, 2.75) is 18.2 Å². The molecule has 0 spiro atoms. The molecule has 0 radical (unpaired) electrons. The Balaban J connectivity index is 1.39. The molecule has 0 aliphatic carbocycles. The number of nitrogens with zero attached hydrogens (tertiary/aromatic N) is 1. The van der Waals surface area contributed by atoms with Gasteiger partial charge in [0.25, 0.3) is 11.8 Å². The number of hydrogen-bond acceptors (Lipinski definition) is 8. The minimum Gasteiger partial charge on any atom is -0.466 e. The predicted octanol–water partition coefficient (Wildman–Crippen LogP) is 5.53. The van der Waals surface area contributed by atoms with E-state index in [9.17, 15) is 23.6 Å². The smallest absolute Gasteiger partial charge is 0.311 e. The number of ether oxygens (including phenoxy) is 1. The summed E-state index contributed by atoms with van der Waals surface area (Å²) in [5.41, 5.74) is 1.23. The quantitative estimate of drug-likeness (QED) is 0.108. The highest BCUT2D eigenvalue weighted by molar-refractivity contribution is 8.00. The van der Waals surface area contributed by atoms with E-state index in [1.807, 2.05) is 0 Å². The number of hydrogen-bond donors (Lipinski definition) is 3. The first kappa shape index (κ1) is 31.1. The van der Waals surface area contributed by atoms with Crippen LogP contribution in [0.4, 0.5) is 15.2 Å². The van der Waals surface area contributed by atoms with Gasteiger partial charge in [-0.05, 0) is 49.4 Å². The summed E-state index contributed by atoms with van der Waals surface area (Å²) in [7, 11) is 0. The molecule has 0 saturated carbocycles. The molecule has 3 aromatic carbocycles. The molecular weight excluding hydrogens is 591 g/mol. The number of aromatic nitrogens is 1. The normalized spacial score (nSPS) is 11.0. The maximum Gasteiger partial charge on any atom is 0.311 e. The average Bonchev–Trinajstić information content (AvgIpc) is 3.43. The van der Waals surface area contributed by atoms with Crippen LogP contribution in [0.2, 0.25) is 0 Å². The van der Waals surface area contributed by atoms with Crippen LogP contribution in [0, 0.1) is 5.82 Å². The monoisotopic (exact) mass is 618 g/mol. The molecule has 4 aromatic rings. The summed E-state index contributed by atoms with van der Waals surface area (Å²) in [5, 5.41) is 10.1. The summed E-state index contributed by atoms with van der Waals surface area (Å²) in [6, 6.07) is 21.1. The third-order valence-corrected chi connectivity index (χ3v) is 7.42. The SMILES string of the molecule is CCOC(=O)Cc1csc(NC(=O)CSc2cccc(NC(=O)/C(=C/c3ccccc3F)NC(=O)c3ccccc3)c2)n1. The molecule has 0 saturated heterocycles. The number of carbonyl (C=O) groups is 4. The number of halogens is 1. The Morgan fingerprint density at radius 1 is 0.977 bits per heavy atom. The third kappa shape index (κ3) is 9.62. The number of rotatable bonds is 12. The van der Waals surface area contributed by atoms with Crippen molar-refractivity contribution < 1.29 is 28.3 Å². The van der Waals surface area contributed by atoms with Crippen molar-refractivity contribution in [1.82, 2.24) is 10.3 Å². The first-order chi connectivity index (χ1) is 20.8. The summed E-state index contributed by atoms with van der Waals surface area (Å²) in [6.45, 7) is 2.01. The Bertz CT molecular complexity index is 1640. The molecule has 4 rings (SSSR count). The van der Waals surface area contributed by atoms with Crippen LogP contribution in [0.25, 0.3) is 6.08 Å². The van der Waals surface area contributed by atoms with Crippen LogP contribution in [0.1, 0.15) is 28.5 Å². The number of nitrogens with one attached hydrogen (secondary N) is 3. The van der Waals surface area contributed by atoms with Gasteiger partial charge in [0.1, 0.15) is 11.5 Å². The lowest BCUT2D eigenvalue weighted by atomic mass is 10.1. The van der Waals surface area contributed by atoms with E-state index in [1.54, 1.807) is 73.0 Å². The Kier molecular flexibility index (Phi) is 11.2. The minimum absolute atomic E-state index is 0.0284. The number of carbonyl (C=O) groups excluding carboxylic acids is 4. The molecule has 220 valence electrons. The van der Waals surface area contributed by atoms with E-state index in [2.05, 4.69) is 20.9 Å². The summed E-state index contributed by atoms with van der Waals surface area (Å²) in [6.07, 6.45) is 1.30. The van der Waals surface area contributed by atoms with E-state index >= 15 is 0 Å². The first-order valence-electron chi connectivity index (χ1n) is 13.1. The minimum atomic E-state index is -0.658. The van der Waals surface area contributed by atoms with Crippen LogP contribution in [-0.2, 0) is 25.5 Å². The number of anilines is 2. The van der Waals surface area contributed by atoms with Gasteiger partial charge in [-0.2, -0.15) is 0 Å². The molecule has 0 aliphatic heterocycles. The fourth-order valence-corrected chi connectivity index (χ4v) is 5.14. The molecule has 12 heteroatoms. The number of thiazole rings is 1. The van der Waals surface area contributed by atoms with Crippen molar-refractivity contribution in [3.05, 3.63) is 113 Å². The molecule has 43 heavy (non-hydrogen) atoms. The second kappa shape index (κ2) is 15.4. The first-order valence-corrected chi connectivity index (χ1v) is 14.9. The van der Waals surface area contributed by atoms with Crippen molar-refractivity contribution in [3.63, 3.8) is 0 Å². The molecule has 0 fully saturated rings. The van der Waals surface area contributed by atoms with Crippen LogP contribution >= 0.6 is 23.1 Å². The Labute approximate surface area is 255 Å². The van der Waals surface area contributed by atoms with Gasteiger partial charge in [0, 0.05) is 27.1 Å². The standard InChI is InChI=1S/C31H27FN4O5S2/c1-2-41-28(38)17-23-18-43-31(34-23)36-27(37)19-42-24-13-8-12-22(16-24)33-30(40)26(15-21-11-6-7-14-25(21)32)35-29(39)20-9-4-3-5-10-20/h3-16,18H,2,17,19H2,1H3,(H,33,40)(H,35,39)(H,34,36,37)/b26-15-. The molecule has 3 amide bonds. The van der Waals surface area contributed by atoms with Crippen LogP contribution < -0.4 is 16.0 Å². The van der Waals surface area contributed by atoms with E-state index in [4.69, 9.17) is 4.74 Å². The Morgan fingerprint density at radius 2 is 1.74 bits per heavy atom. The number of thioether (sulfide) groups is 1. The van der Waals surface area contributed by atoms with Crippen molar-refractivity contribution in [1.29, 1.82) is 0 Å². The van der Waals surface area contributed by atoms with Crippen LogP contribution in [-0.4, -0.2) is 41.0 Å². The zero-order valence-corrected chi connectivity index (χ0v) is 24.6. The zero-order chi connectivity index (χ0) is 30.6. The molecular formula is C31H27FN4O5S2. The van der Waals surface area contributed by atoms with Gasteiger partial charge in [-0.1, -0.05) is 42.5 Å². The van der Waals surface area contributed by atoms with Gasteiger partial charge in [0.2, 0.25) is 5.91 Å². The van der Waals surface area contributed by atoms with Gasteiger partial charge in [0.05, 0.1) is 24.5 Å². The lowest BCUT2D eigenvalue weighted by Crippen LogP contribution is -2.30. The Hall–Kier alpha value is -4.81. The van der Waals surface area contributed by atoms with Crippen LogP contribution in [0.5, 0.6) is 0 Å².